The number of aliphatic hydroxyl groups excluding tert-OH is 1. The van der Waals surface area contributed by atoms with Gasteiger partial charge in [-0.3, -0.25) is 9.59 Å². The Bertz CT molecular complexity index is 864. The molecule has 5 heteroatoms. The average Bonchev–Trinajstić information content (AvgIpc) is 3.06. The van der Waals surface area contributed by atoms with Crippen molar-refractivity contribution in [3.63, 3.8) is 0 Å². The number of carbonyl (C=O) groups is 2. The Morgan fingerprint density at radius 2 is 0.935 bits per heavy atom. The number of hydrogen-bond acceptors (Lipinski definition) is 5. The first-order valence-corrected chi connectivity index (χ1v) is 18.5. The third-order valence-electron chi connectivity index (χ3n) is 7.48. The quantitative estimate of drug-likeness (QED) is 0.0450. The first kappa shape index (κ1) is 43.3. The minimum absolute atomic E-state index is 0.0882. The summed E-state index contributed by atoms with van der Waals surface area (Å²) in [6, 6.07) is 0. The van der Waals surface area contributed by atoms with Gasteiger partial charge < -0.3 is 14.6 Å². The molecular weight excluding hydrogens is 572 g/mol. The van der Waals surface area contributed by atoms with Crippen LogP contribution in [0, 0.1) is 0 Å². The molecule has 0 aromatic rings. The van der Waals surface area contributed by atoms with Gasteiger partial charge in [0.2, 0.25) is 0 Å². The third-order valence-corrected chi connectivity index (χ3v) is 7.48. The van der Waals surface area contributed by atoms with Gasteiger partial charge in [0.25, 0.3) is 0 Å². The van der Waals surface area contributed by atoms with E-state index in [9.17, 15) is 14.7 Å². The van der Waals surface area contributed by atoms with Gasteiger partial charge >= 0.3 is 11.9 Å². The van der Waals surface area contributed by atoms with Crippen molar-refractivity contribution in [1.29, 1.82) is 0 Å². The van der Waals surface area contributed by atoms with Gasteiger partial charge in [0.05, 0.1) is 6.61 Å². The van der Waals surface area contributed by atoms with Gasteiger partial charge in [0, 0.05) is 12.8 Å². The Hall–Kier alpha value is -2.66. The molecule has 0 rings (SSSR count). The molecule has 0 saturated heterocycles. The molecule has 0 fully saturated rings. The highest BCUT2D eigenvalue weighted by atomic mass is 16.6. The summed E-state index contributed by atoms with van der Waals surface area (Å²) in [4.78, 5) is 24.2. The highest BCUT2D eigenvalue weighted by Gasteiger charge is 2.16. The summed E-state index contributed by atoms with van der Waals surface area (Å²) in [6.45, 7) is 3.94. The van der Waals surface area contributed by atoms with Crippen molar-refractivity contribution in [1.82, 2.24) is 0 Å². The van der Waals surface area contributed by atoms with Crippen LogP contribution in [0.1, 0.15) is 155 Å². The van der Waals surface area contributed by atoms with Gasteiger partial charge in [-0.1, -0.05) is 132 Å². The van der Waals surface area contributed by atoms with E-state index in [0.29, 0.717) is 12.8 Å². The Labute approximate surface area is 283 Å². The van der Waals surface area contributed by atoms with E-state index < -0.39 is 6.10 Å². The number of ether oxygens (including phenoxy) is 2. The van der Waals surface area contributed by atoms with Gasteiger partial charge in [0.15, 0.2) is 6.10 Å². The minimum Gasteiger partial charge on any atom is -0.462 e. The maximum Gasteiger partial charge on any atom is 0.306 e. The summed E-state index contributed by atoms with van der Waals surface area (Å²) >= 11 is 0. The fourth-order valence-electron chi connectivity index (χ4n) is 4.69. The van der Waals surface area contributed by atoms with E-state index in [0.717, 1.165) is 96.3 Å². The zero-order valence-electron chi connectivity index (χ0n) is 29.6. The molecule has 1 N–H and O–H groups in total. The normalized spacial score (nSPS) is 13.0. The summed E-state index contributed by atoms with van der Waals surface area (Å²) in [6.07, 6.45) is 48.1. The second kappa shape index (κ2) is 36.8. The predicted octanol–water partition coefficient (Wildman–Crippen LogP) is 11.4. The van der Waals surface area contributed by atoms with Crippen LogP contribution in [0.3, 0.4) is 0 Å². The van der Waals surface area contributed by atoms with Gasteiger partial charge in [0.1, 0.15) is 6.61 Å². The molecule has 5 nitrogen and oxygen atoms in total. The van der Waals surface area contributed by atoms with E-state index in [1.165, 1.54) is 32.1 Å². The first-order valence-electron chi connectivity index (χ1n) is 18.5. The Kier molecular flexibility index (Phi) is 34.7. The monoisotopic (exact) mass is 641 g/mol. The molecule has 0 aliphatic rings. The van der Waals surface area contributed by atoms with E-state index >= 15 is 0 Å². The maximum absolute atomic E-state index is 12.1. The Balaban J connectivity index is 3.67. The minimum atomic E-state index is -0.791. The SMILES string of the molecule is CCC=CCC=CCC=CCC=CCCCCCCC(=O)OCC(CO)OC(=O)CCCCCCCC=CCC=CCCCCC. The molecule has 0 aromatic heterocycles. The maximum atomic E-state index is 12.1. The van der Waals surface area contributed by atoms with Crippen molar-refractivity contribution in [3.05, 3.63) is 72.9 Å². The van der Waals surface area contributed by atoms with Crippen LogP contribution >= 0.6 is 0 Å². The third kappa shape index (κ3) is 34.2. The van der Waals surface area contributed by atoms with Gasteiger partial charge in [-0.05, 0) is 83.5 Å². The largest absolute Gasteiger partial charge is 0.462 e. The first-order chi connectivity index (χ1) is 22.6. The lowest BCUT2D eigenvalue weighted by atomic mass is 10.1. The van der Waals surface area contributed by atoms with Crippen LogP contribution in [0.25, 0.3) is 0 Å². The summed E-state index contributed by atoms with van der Waals surface area (Å²) in [5.41, 5.74) is 0. The molecule has 0 aliphatic carbocycles. The highest BCUT2D eigenvalue weighted by molar-refractivity contribution is 5.70. The Morgan fingerprint density at radius 1 is 0.522 bits per heavy atom. The molecule has 0 heterocycles. The number of allylic oxidation sites excluding steroid dienone is 12. The van der Waals surface area contributed by atoms with Crippen LogP contribution in [0.2, 0.25) is 0 Å². The number of aliphatic hydroxyl groups is 1. The number of rotatable bonds is 32. The molecule has 0 spiro atoms. The summed E-state index contributed by atoms with van der Waals surface area (Å²) in [7, 11) is 0. The fraction of sp³-hybridized carbons (Fsp3) is 0.659. The van der Waals surface area contributed by atoms with Crippen molar-refractivity contribution in [2.75, 3.05) is 13.2 Å². The number of esters is 2. The predicted molar refractivity (Wildman–Crippen MR) is 196 cm³/mol. The van der Waals surface area contributed by atoms with E-state index in [-0.39, 0.29) is 25.2 Å². The number of hydrogen-bond donors (Lipinski definition) is 1. The topological polar surface area (TPSA) is 72.8 Å². The lowest BCUT2D eigenvalue weighted by molar-refractivity contribution is -0.161. The number of unbranched alkanes of at least 4 members (excludes halogenated alkanes) is 12. The fourth-order valence-corrected chi connectivity index (χ4v) is 4.69. The highest BCUT2D eigenvalue weighted by Crippen LogP contribution is 2.11. The van der Waals surface area contributed by atoms with E-state index in [1.807, 2.05) is 0 Å². The number of carbonyl (C=O) groups excluding carboxylic acids is 2. The summed E-state index contributed by atoms with van der Waals surface area (Å²) < 4.78 is 10.6. The molecule has 1 atom stereocenters. The average molecular weight is 641 g/mol. The van der Waals surface area contributed by atoms with Crippen LogP contribution in [0.4, 0.5) is 0 Å². The van der Waals surface area contributed by atoms with Gasteiger partial charge in [-0.25, -0.2) is 0 Å². The van der Waals surface area contributed by atoms with Crippen LogP contribution in [-0.4, -0.2) is 36.4 Å². The summed E-state index contributed by atoms with van der Waals surface area (Å²) in [5.74, 6) is -0.642. The van der Waals surface area contributed by atoms with Crippen molar-refractivity contribution in [2.24, 2.45) is 0 Å². The van der Waals surface area contributed by atoms with Crippen LogP contribution in [0.15, 0.2) is 72.9 Å². The van der Waals surface area contributed by atoms with Crippen molar-refractivity contribution < 1.29 is 24.2 Å². The van der Waals surface area contributed by atoms with E-state index in [4.69, 9.17) is 9.47 Å². The van der Waals surface area contributed by atoms with Crippen LogP contribution in [0.5, 0.6) is 0 Å². The molecule has 0 amide bonds. The molecule has 46 heavy (non-hydrogen) atoms. The zero-order valence-corrected chi connectivity index (χ0v) is 29.6. The van der Waals surface area contributed by atoms with E-state index in [2.05, 4.69) is 86.8 Å². The molecule has 0 aliphatic heterocycles. The molecule has 0 saturated carbocycles. The second-order valence-corrected chi connectivity index (χ2v) is 11.9. The van der Waals surface area contributed by atoms with Crippen molar-refractivity contribution >= 4 is 11.9 Å². The van der Waals surface area contributed by atoms with E-state index in [1.54, 1.807) is 0 Å². The summed E-state index contributed by atoms with van der Waals surface area (Å²) in [5, 5.41) is 9.53. The molecule has 0 bridgehead atoms. The van der Waals surface area contributed by atoms with Gasteiger partial charge in [-0.2, -0.15) is 0 Å². The molecule has 0 radical (unpaired) electrons. The Morgan fingerprint density at radius 3 is 1.41 bits per heavy atom. The van der Waals surface area contributed by atoms with Gasteiger partial charge in [-0.15, -0.1) is 0 Å². The van der Waals surface area contributed by atoms with Crippen molar-refractivity contribution in [3.8, 4) is 0 Å². The van der Waals surface area contributed by atoms with Crippen LogP contribution in [-0.2, 0) is 19.1 Å². The van der Waals surface area contributed by atoms with Crippen molar-refractivity contribution in [2.45, 2.75) is 161 Å². The lowest BCUT2D eigenvalue weighted by Crippen LogP contribution is -2.28. The molecular formula is C41H68O5. The second-order valence-electron chi connectivity index (χ2n) is 11.9. The standard InChI is InChI=1S/C41H68O5/c1-3-5-7-9-11-13-15-17-19-20-22-23-25-27-29-31-33-35-40(43)45-38-39(37-42)46-41(44)36-34-32-30-28-26-24-21-18-16-14-12-10-8-6-4-2/h5,7,11-14,17-19,21-23,39,42H,3-4,6,8-10,15-16,20,24-38H2,1-2H3. The zero-order chi connectivity index (χ0) is 33.6. The molecule has 1 unspecified atom stereocenters. The molecule has 0 aromatic carbocycles. The lowest BCUT2D eigenvalue weighted by Gasteiger charge is -2.15. The molecule has 262 valence electrons. The smallest absolute Gasteiger partial charge is 0.306 e. The van der Waals surface area contributed by atoms with Crippen LogP contribution < -0.4 is 0 Å².